The van der Waals surface area contributed by atoms with Crippen LogP contribution in [0.5, 0.6) is 0 Å². The molecule has 0 amide bonds. The summed E-state index contributed by atoms with van der Waals surface area (Å²) in [4.78, 5) is 6.61. The highest BCUT2D eigenvalue weighted by Crippen LogP contribution is 2.45. The van der Waals surface area contributed by atoms with Crippen LogP contribution >= 0.6 is 0 Å². The van der Waals surface area contributed by atoms with Crippen molar-refractivity contribution < 1.29 is 0 Å². The van der Waals surface area contributed by atoms with Gasteiger partial charge in [-0.05, 0) is 18.2 Å². The Bertz CT molecular complexity index is 436. The van der Waals surface area contributed by atoms with Crippen LogP contribution in [0.15, 0.2) is 42.6 Å². The molecular formula is C11H11N3. The molecule has 3 nitrogen and oxygen atoms in total. The monoisotopic (exact) mass is 185 g/mol. The SMILES string of the molecule is Nc1cccc(C23C=CC=CN2C3)n1. The third-order valence-corrected chi connectivity index (χ3v) is 2.78. The molecule has 1 aromatic rings. The first kappa shape index (κ1) is 7.62. The molecule has 70 valence electrons. The number of nitrogens with two attached hydrogens (primary N) is 1. The number of hydrogen-bond acceptors (Lipinski definition) is 3. The lowest BCUT2D eigenvalue weighted by Gasteiger charge is -2.13. The number of anilines is 1. The first-order chi connectivity index (χ1) is 6.81. The topological polar surface area (TPSA) is 41.9 Å². The summed E-state index contributed by atoms with van der Waals surface area (Å²) in [6, 6.07) is 5.80. The molecule has 1 atom stereocenters. The number of pyridine rings is 1. The lowest BCUT2D eigenvalue weighted by Crippen LogP contribution is -2.14. The Morgan fingerprint density at radius 3 is 3.07 bits per heavy atom. The molecule has 0 spiro atoms. The highest BCUT2D eigenvalue weighted by molar-refractivity contribution is 5.42. The minimum atomic E-state index is 0.00410. The van der Waals surface area contributed by atoms with Crippen molar-refractivity contribution in [3.63, 3.8) is 0 Å². The van der Waals surface area contributed by atoms with E-state index in [1.54, 1.807) is 0 Å². The number of hydrogen-bond donors (Lipinski definition) is 1. The van der Waals surface area contributed by atoms with Crippen molar-refractivity contribution in [3.8, 4) is 0 Å². The Balaban J connectivity index is 2.05. The Labute approximate surface area is 82.5 Å². The molecule has 2 aliphatic heterocycles. The molecule has 1 aromatic heterocycles. The van der Waals surface area contributed by atoms with Gasteiger partial charge in [0.1, 0.15) is 11.4 Å². The summed E-state index contributed by atoms with van der Waals surface area (Å²) in [6.07, 6.45) is 8.37. The van der Waals surface area contributed by atoms with Crippen LogP contribution in [-0.2, 0) is 5.54 Å². The molecule has 0 aliphatic carbocycles. The van der Waals surface area contributed by atoms with E-state index in [0.29, 0.717) is 5.82 Å². The van der Waals surface area contributed by atoms with E-state index in [9.17, 15) is 0 Å². The van der Waals surface area contributed by atoms with Gasteiger partial charge in [0.2, 0.25) is 0 Å². The minimum Gasteiger partial charge on any atom is -0.384 e. The lowest BCUT2D eigenvalue weighted by molar-refractivity contribution is 0.586. The molecule has 1 fully saturated rings. The first-order valence-electron chi connectivity index (χ1n) is 4.67. The van der Waals surface area contributed by atoms with Crippen LogP contribution in [-0.4, -0.2) is 16.4 Å². The molecule has 0 saturated carbocycles. The molecule has 3 rings (SSSR count). The number of rotatable bonds is 1. The Morgan fingerprint density at radius 2 is 2.29 bits per heavy atom. The standard InChI is InChI=1S/C11H11N3/c12-10-5-3-4-9(13-10)11-6-1-2-7-14(11)8-11/h1-7H,8H2,(H2,12,13). The molecule has 0 radical (unpaired) electrons. The summed E-state index contributed by atoms with van der Waals surface area (Å²) in [5.41, 5.74) is 6.71. The normalized spacial score (nSPS) is 27.6. The molecule has 1 saturated heterocycles. The van der Waals surface area contributed by atoms with Crippen molar-refractivity contribution in [2.75, 3.05) is 12.3 Å². The van der Waals surface area contributed by atoms with Gasteiger partial charge in [0, 0.05) is 6.20 Å². The van der Waals surface area contributed by atoms with Crippen LogP contribution in [0, 0.1) is 0 Å². The van der Waals surface area contributed by atoms with E-state index in [2.05, 4.69) is 28.2 Å². The predicted octanol–water partition coefficient (Wildman–Crippen LogP) is 1.26. The largest absolute Gasteiger partial charge is 0.384 e. The average Bonchev–Trinajstić information content (AvgIpc) is 2.93. The van der Waals surface area contributed by atoms with Crippen LogP contribution in [0.4, 0.5) is 5.82 Å². The molecule has 14 heavy (non-hydrogen) atoms. The van der Waals surface area contributed by atoms with Crippen molar-refractivity contribution in [2.24, 2.45) is 0 Å². The highest BCUT2D eigenvalue weighted by atomic mass is 15.4. The van der Waals surface area contributed by atoms with Gasteiger partial charge < -0.3 is 10.6 Å². The fraction of sp³-hybridized carbons (Fsp3) is 0.182. The zero-order chi connectivity index (χ0) is 9.60. The second-order valence-corrected chi connectivity index (χ2v) is 3.70. The van der Waals surface area contributed by atoms with E-state index in [1.165, 1.54) is 0 Å². The van der Waals surface area contributed by atoms with Crippen LogP contribution < -0.4 is 5.73 Å². The lowest BCUT2D eigenvalue weighted by atomic mass is 10.0. The third kappa shape index (κ3) is 0.894. The maximum atomic E-state index is 5.67. The van der Waals surface area contributed by atoms with Crippen LogP contribution in [0.25, 0.3) is 0 Å². The summed E-state index contributed by atoms with van der Waals surface area (Å²) < 4.78 is 0. The van der Waals surface area contributed by atoms with Gasteiger partial charge in [-0.3, -0.25) is 0 Å². The van der Waals surface area contributed by atoms with Crippen LogP contribution in [0.3, 0.4) is 0 Å². The Kier molecular flexibility index (Phi) is 1.29. The zero-order valence-corrected chi connectivity index (χ0v) is 7.72. The molecular weight excluding hydrogens is 174 g/mol. The van der Waals surface area contributed by atoms with Gasteiger partial charge in [-0.25, -0.2) is 4.98 Å². The number of nitrogen functional groups attached to an aromatic ring is 1. The fourth-order valence-electron chi connectivity index (χ4n) is 1.93. The quantitative estimate of drug-likeness (QED) is 0.670. The maximum Gasteiger partial charge on any atom is 0.123 e. The summed E-state index contributed by atoms with van der Waals surface area (Å²) in [6.45, 7) is 1.01. The Morgan fingerprint density at radius 1 is 1.36 bits per heavy atom. The van der Waals surface area contributed by atoms with Gasteiger partial charge in [0.05, 0.1) is 12.2 Å². The van der Waals surface area contributed by atoms with Crippen molar-refractivity contribution in [1.82, 2.24) is 9.88 Å². The smallest absolute Gasteiger partial charge is 0.123 e. The molecule has 2 aliphatic rings. The summed E-state index contributed by atoms with van der Waals surface area (Å²) in [7, 11) is 0. The molecule has 0 aromatic carbocycles. The number of aromatic nitrogens is 1. The molecule has 2 N–H and O–H groups in total. The van der Waals surface area contributed by atoms with Crippen molar-refractivity contribution in [1.29, 1.82) is 0 Å². The van der Waals surface area contributed by atoms with E-state index in [-0.39, 0.29) is 5.54 Å². The average molecular weight is 185 g/mol. The second-order valence-electron chi connectivity index (χ2n) is 3.70. The summed E-state index contributed by atoms with van der Waals surface area (Å²) in [5, 5.41) is 0. The van der Waals surface area contributed by atoms with Crippen LogP contribution in [0.1, 0.15) is 5.69 Å². The van der Waals surface area contributed by atoms with E-state index in [4.69, 9.17) is 5.73 Å². The third-order valence-electron chi connectivity index (χ3n) is 2.78. The maximum absolute atomic E-state index is 5.67. The summed E-state index contributed by atoms with van der Waals surface area (Å²) >= 11 is 0. The second kappa shape index (κ2) is 2.38. The highest BCUT2D eigenvalue weighted by Gasteiger charge is 2.51. The van der Waals surface area contributed by atoms with Gasteiger partial charge in [0.15, 0.2) is 0 Å². The minimum absolute atomic E-state index is 0.00410. The molecule has 1 unspecified atom stereocenters. The van der Waals surface area contributed by atoms with Gasteiger partial charge in [-0.1, -0.05) is 18.2 Å². The van der Waals surface area contributed by atoms with E-state index >= 15 is 0 Å². The van der Waals surface area contributed by atoms with Gasteiger partial charge in [0.25, 0.3) is 0 Å². The first-order valence-corrected chi connectivity index (χ1v) is 4.67. The van der Waals surface area contributed by atoms with Gasteiger partial charge in [-0.2, -0.15) is 0 Å². The van der Waals surface area contributed by atoms with Crippen molar-refractivity contribution in [3.05, 3.63) is 48.3 Å². The number of fused-ring (bicyclic) bond motifs is 1. The Hall–Kier alpha value is -1.77. The van der Waals surface area contributed by atoms with Gasteiger partial charge >= 0.3 is 0 Å². The van der Waals surface area contributed by atoms with Crippen molar-refractivity contribution in [2.45, 2.75) is 5.54 Å². The fourth-order valence-corrected chi connectivity index (χ4v) is 1.93. The zero-order valence-electron chi connectivity index (χ0n) is 7.72. The molecule has 0 bridgehead atoms. The number of nitrogens with zero attached hydrogens (tertiary/aromatic N) is 2. The van der Waals surface area contributed by atoms with Crippen molar-refractivity contribution >= 4 is 5.82 Å². The molecule has 3 heteroatoms. The van der Waals surface area contributed by atoms with E-state index in [1.807, 2.05) is 24.3 Å². The predicted molar refractivity (Wildman–Crippen MR) is 55.3 cm³/mol. The number of allylic oxidation sites excluding steroid dienone is 2. The van der Waals surface area contributed by atoms with E-state index in [0.717, 1.165) is 12.2 Å². The van der Waals surface area contributed by atoms with Gasteiger partial charge in [-0.15, -0.1) is 0 Å². The van der Waals surface area contributed by atoms with Crippen LogP contribution in [0.2, 0.25) is 0 Å². The van der Waals surface area contributed by atoms with E-state index < -0.39 is 0 Å². The molecule has 3 heterocycles. The summed E-state index contributed by atoms with van der Waals surface area (Å²) in [5.74, 6) is 0.590.